The van der Waals surface area contributed by atoms with Crippen LogP contribution in [-0.2, 0) is 0 Å². The molecule has 0 aliphatic rings. The van der Waals surface area contributed by atoms with Gasteiger partial charge in [0.15, 0.2) is 5.82 Å². The Labute approximate surface area is 103 Å². The minimum atomic E-state index is 0.604. The van der Waals surface area contributed by atoms with E-state index in [1.165, 1.54) is 0 Å². The number of aromatic nitrogens is 2. The first-order valence-electron chi connectivity index (χ1n) is 6.23. The summed E-state index contributed by atoms with van der Waals surface area (Å²) in [6, 6.07) is 3.90. The van der Waals surface area contributed by atoms with Crippen molar-refractivity contribution in [1.82, 2.24) is 10.2 Å². The fraction of sp³-hybridized carbons (Fsp3) is 0.615. The summed E-state index contributed by atoms with van der Waals surface area (Å²) in [4.78, 5) is 2.14. The Morgan fingerprint density at radius 2 is 2.06 bits per heavy atom. The van der Waals surface area contributed by atoms with Crippen molar-refractivity contribution in [2.24, 2.45) is 5.92 Å². The van der Waals surface area contributed by atoms with Gasteiger partial charge in [0, 0.05) is 13.1 Å². The minimum Gasteiger partial charge on any atom is -0.354 e. The van der Waals surface area contributed by atoms with E-state index in [9.17, 15) is 0 Å². The first-order valence-corrected chi connectivity index (χ1v) is 6.23. The second-order valence-corrected chi connectivity index (χ2v) is 4.10. The molecule has 0 saturated carbocycles. The Balaban J connectivity index is 2.90. The second-order valence-electron chi connectivity index (χ2n) is 4.10. The molecule has 0 unspecified atom stereocenters. The summed E-state index contributed by atoms with van der Waals surface area (Å²) >= 11 is 0. The highest BCUT2D eigenvalue weighted by Crippen LogP contribution is 2.18. The molecule has 0 amide bonds. The van der Waals surface area contributed by atoms with Crippen LogP contribution in [0, 0.1) is 17.2 Å². The fourth-order valence-electron chi connectivity index (χ4n) is 1.87. The summed E-state index contributed by atoms with van der Waals surface area (Å²) in [6.45, 7) is 8.27. The van der Waals surface area contributed by atoms with Crippen molar-refractivity contribution in [2.45, 2.75) is 33.6 Å². The molecule has 0 aliphatic carbocycles. The third-order valence-electron chi connectivity index (χ3n) is 3.14. The number of rotatable bonds is 6. The Hall–Kier alpha value is -1.63. The fourth-order valence-corrected chi connectivity index (χ4v) is 1.87. The van der Waals surface area contributed by atoms with Crippen LogP contribution < -0.4 is 4.90 Å². The third kappa shape index (κ3) is 3.42. The summed E-state index contributed by atoms with van der Waals surface area (Å²) in [5.74, 6) is 1.35. The molecule has 1 aromatic heterocycles. The quantitative estimate of drug-likeness (QED) is 0.756. The zero-order valence-electron chi connectivity index (χ0n) is 10.8. The number of hydrogen-bond acceptors (Lipinski definition) is 4. The average Bonchev–Trinajstić information content (AvgIpc) is 2.40. The van der Waals surface area contributed by atoms with Gasteiger partial charge in [0.25, 0.3) is 0 Å². The monoisotopic (exact) mass is 232 g/mol. The number of hydrogen-bond donors (Lipinski definition) is 0. The molecule has 0 fully saturated rings. The van der Waals surface area contributed by atoms with Crippen LogP contribution in [0.25, 0.3) is 0 Å². The van der Waals surface area contributed by atoms with Crippen molar-refractivity contribution in [3.05, 3.63) is 17.8 Å². The van der Waals surface area contributed by atoms with E-state index < -0.39 is 0 Å². The molecule has 1 heterocycles. The van der Waals surface area contributed by atoms with Crippen LogP contribution in [-0.4, -0.2) is 23.3 Å². The zero-order chi connectivity index (χ0) is 12.7. The summed E-state index contributed by atoms with van der Waals surface area (Å²) in [6.07, 6.45) is 3.86. The third-order valence-corrected chi connectivity index (χ3v) is 3.14. The van der Waals surface area contributed by atoms with E-state index in [1.807, 2.05) is 0 Å². The predicted octanol–water partition coefficient (Wildman–Crippen LogP) is 2.61. The molecule has 92 valence electrons. The molecule has 0 bridgehead atoms. The van der Waals surface area contributed by atoms with Crippen molar-refractivity contribution < 1.29 is 0 Å². The largest absolute Gasteiger partial charge is 0.354 e. The van der Waals surface area contributed by atoms with E-state index >= 15 is 0 Å². The second kappa shape index (κ2) is 6.85. The lowest BCUT2D eigenvalue weighted by Gasteiger charge is -2.26. The molecule has 4 heteroatoms. The van der Waals surface area contributed by atoms with E-state index in [0.29, 0.717) is 17.3 Å². The van der Waals surface area contributed by atoms with Gasteiger partial charge in [-0.25, -0.2) is 0 Å². The first kappa shape index (κ1) is 13.4. The lowest BCUT2D eigenvalue weighted by Crippen LogP contribution is -2.30. The normalized spacial score (nSPS) is 10.3. The van der Waals surface area contributed by atoms with E-state index in [2.05, 4.69) is 41.9 Å². The highest BCUT2D eigenvalue weighted by Gasteiger charge is 2.15. The molecule has 0 aromatic carbocycles. The smallest absolute Gasteiger partial charge is 0.169 e. The standard InChI is InChI=1S/C13H20N4/c1-4-11(5-2)10-17(6-3)13-12(9-14)7-8-15-16-13/h7-8,11H,4-6,10H2,1-3H3. The minimum absolute atomic E-state index is 0.604. The molecule has 0 spiro atoms. The van der Waals surface area contributed by atoms with Crippen molar-refractivity contribution >= 4 is 5.82 Å². The van der Waals surface area contributed by atoms with Crippen molar-refractivity contribution in [1.29, 1.82) is 5.26 Å². The van der Waals surface area contributed by atoms with Gasteiger partial charge in [-0.1, -0.05) is 26.7 Å². The van der Waals surface area contributed by atoms with Gasteiger partial charge in [0.2, 0.25) is 0 Å². The lowest BCUT2D eigenvalue weighted by atomic mass is 10.0. The maximum Gasteiger partial charge on any atom is 0.169 e. The zero-order valence-corrected chi connectivity index (χ0v) is 10.8. The number of nitriles is 1. The van der Waals surface area contributed by atoms with Crippen molar-refractivity contribution in [2.75, 3.05) is 18.0 Å². The number of nitrogens with zero attached hydrogens (tertiary/aromatic N) is 4. The van der Waals surface area contributed by atoms with Gasteiger partial charge in [0.05, 0.1) is 11.8 Å². The van der Waals surface area contributed by atoms with Gasteiger partial charge in [-0.3, -0.25) is 0 Å². The molecule has 1 rings (SSSR count). The topological polar surface area (TPSA) is 52.8 Å². The first-order chi connectivity index (χ1) is 8.26. The molecule has 0 radical (unpaired) electrons. The molecule has 0 N–H and O–H groups in total. The molecule has 17 heavy (non-hydrogen) atoms. The Morgan fingerprint density at radius 3 is 2.59 bits per heavy atom. The van der Waals surface area contributed by atoms with Gasteiger partial charge in [-0.2, -0.15) is 10.4 Å². The molecule has 0 saturated heterocycles. The molecule has 4 nitrogen and oxygen atoms in total. The maximum atomic E-state index is 9.07. The van der Waals surface area contributed by atoms with Crippen LogP contribution in [0.1, 0.15) is 39.2 Å². The van der Waals surface area contributed by atoms with Crippen LogP contribution in [0.5, 0.6) is 0 Å². The molecular weight excluding hydrogens is 212 g/mol. The van der Waals surface area contributed by atoms with Gasteiger partial charge in [-0.15, -0.1) is 5.10 Å². The molecule has 1 aromatic rings. The number of anilines is 1. The summed E-state index contributed by atoms with van der Waals surface area (Å²) in [5.41, 5.74) is 0.604. The Kier molecular flexibility index (Phi) is 5.41. The van der Waals surface area contributed by atoms with Crippen LogP contribution in [0.3, 0.4) is 0 Å². The van der Waals surface area contributed by atoms with Crippen LogP contribution in [0.15, 0.2) is 12.3 Å². The van der Waals surface area contributed by atoms with Gasteiger partial charge in [0.1, 0.15) is 6.07 Å². The van der Waals surface area contributed by atoms with E-state index in [0.717, 1.165) is 25.9 Å². The van der Waals surface area contributed by atoms with E-state index in [-0.39, 0.29) is 0 Å². The van der Waals surface area contributed by atoms with Crippen LogP contribution in [0.2, 0.25) is 0 Å². The van der Waals surface area contributed by atoms with Crippen LogP contribution in [0.4, 0.5) is 5.82 Å². The van der Waals surface area contributed by atoms with Crippen molar-refractivity contribution in [3.8, 4) is 6.07 Å². The van der Waals surface area contributed by atoms with Crippen LogP contribution >= 0.6 is 0 Å². The summed E-state index contributed by atoms with van der Waals surface area (Å²) < 4.78 is 0. The van der Waals surface area contributed by atoms with Gasteiger partial charge in [-0.05, 0) is 18.9 Å². The Bertz CT molecular complexity index is 379. The van der Waals surface area contributed by atoms with E-state index in [4.69, 9.17) is 5.26 Å². The lowest BCUT2D eigenvalue weighted by molar-refractivity contribution is 0.483. The molecular formula is C13H20N4. The maximum absolute atomic E-state index is 9.07. The SMILES string of the molecule is CCC(CC)CN(CC)c1nnccc1C#N. The van der Waals surface area contributed by atoms with Crippen molar-refractivity contribution in [3.63, 3.8) is 0 Å². The highest BCUT2D eigenvalue weighted by atomic mass is 15.3. The Morgan fingerprint density at radius 1 is 1.35 bits per heavy atom. The molecule has 0 aliphatic heterocycles. The van der Waals surface area contributed by atoms with E-state index in [1.54, 1.807) is 12.3 Å². The average molecular weight is 232 g/mol. The summed E-state index contributed by atoms with van der Waals surface area (Å²) in [7, 11) is 0. The highest BCUT2D eigenvalue weighted by molar-refractivity contribution is 5.52. The molecule has 0 atom stereocenters. The van der Waals surface area contributed by atoms with Gasteiger partial charge < -0.3 is 4.90 Å². The predicted molar refractivity (Wildman–Crippen MR) is 68.7 cm³/mol. The summed E-state index contributed by atoms with van der Waals surface area (Å²) in [5, 5.41) is 17.0. The van der Waals surface area contributed by atoms with Gasteiger partial charge >= 0.3 is 0 Å².